The molecule has 6 heteroatoms. The lowest BCUT2D eigenvalue weighted by Crippen LogP contribution is -2.31. The lowest BCUT2D eigenvalue weighted by atomic mass is 9.87. The fourth-order valence-corrected chi connectivity index (χ4v) is 4.10. The van der Waals surface area contributed by atoms with Gasteiger partial charge in [0.15, 0.2) is 0 Å². The minimum Gasteiger partial charge on any atom is -0.421 e. The SMILES string of the molecule is O=C(CCc1nnc(-c2c[nH]c3ccccc23)o1)NC1CCCc2ccccc21. The van der Waals surface area contributed by atoms with Crippen LogP contribution in [-0.2, 0) is 17.6 Å². The lowest BCUT2D eigenvalue weighted by Gasteiger charge is -2.26. The second-order valence-electron chi connectivity index (χ2n) is 7.46. The predicted octanol–water partition coefficient (Wildman–Crippen LogP) is 4.34. The highest BCUT2D eigenvalue weighted by Gasteiger charge is 2.21. The first-order valence-electron chi connectivity index (χ1n) is 10.0. The third-order valence-electron chi connectivity index (χ3n) is 5.56. The lowest BCUT2D eigenvalue weighted by molar-refractivity contribution is -0.122. The van der Waals surface area contributed by atoms with E-state index in [0.29, 0.717) is 24.6 Å². The number of amides is 1. The van der Waals surface area contributed by atoms with Crippen molar-refractivity contribution in [3.05, 3.63) is 71.7 Å². The van der Waals surface area contributed by atoms with E-state index < -0.39 is 0 Å². The molecule has 0 saturated heterocycles. The van der Waals surface area contributed by atoms with Crippen molar-refractivity contribution in [3.8, 4) is 11.5 Å². The van der Waals surface area contributed by atoms with Gasteiger partial charge in [-0.05, 0) is 36.5 Å². The van der Waals surface area contributed by atoms with Crippen LogP contribution < -0.4 is 5.32 Å². The number of aryl methyl sites for hydroxylation is 2. The van der Waals surface area contributed by atoms with Gasteiger partial charge < -0.3 is 14.7 Å². The van der Waals surface area contributed by atoms with Gasteiger partial charge in [0, 0.05) is 29.9 Å². The van der Waals surface area contributed by atoms with Crippen LogP contribution in [0, 0.1) is 0 Å². The van der Waals surface area contributed by atoms with E-state index in [1.54, 1.807) is 0 Å². The van der Waals surface area contributed by atoms with Gasteiger partial charge in [-0.15, -0.1) is 10.2 Å². The molecule has 2 aromatic carbocycles. The average molecular weight is 386 g/mol. The molecular formula is C23H22N4O2. The zero-order chi connectivity index (χ0) is 19.6. The number of hydrogen-bond donors (Lipinski definition) is 2. The van der Waals surface area contributed by atoms with E-state index in [0.717, 1.165) is 35.7 Å². The van der Waals surface area contributed by atoms with Crippen LogP contribution in [0.2, 0.25) is 0 Å². The number of aromatic nitrogens is 3. The van der Waals surface area contributed by atoms with Crippen LogP contribution in [0.25, 0.3) is 22.4 Å². The molecule has 1 unspecified atom stereocenters. The number of carbonyl (C=O) groups excluding carboxylic acids is 1. The van der Waals surface area contributed by atoms with Gasteiger partial charge in [-0.25, -0.2) is 0 Å². The minimum absolute atomic E-state index is 0.0125. The summed E-state index contributed by atoms with van der Waals surface area (Å²) < 4.78 is 5.81. The zero-order valence-electron chi connectivity index (χ0n) is 16.0. The molecule has 1 aliphatic carbocycles. The van der Waals surface area contributed by atoms with Gasteiger partial charge in [-0.2, -0.15) is 0 Å². The number of H-pyrrole nitrogens is 1. The number of aromatic amines is 1. The van der Waals surface area contributed by atoms with Crippen molar-refractivity contribution in [2.75, 3.05) is 0 Å². The second-order valence-corrected chi connectivity index (χ2v) is 7.46. The highest BCUT2D eigenvalue weighted by atomic mass is 16.4. The largest absolute Gasteiger partial charge is 0.421 e. The molecule has 0 bridgehead atoms. The van der Waals surface area contributed by atoms with Crippen LogP contribution in [0.4, 0.5) is 0 Å². The van der Waals surface area contributed by atoms with Crippen molar-refractivity contribution < 1.29 is 9.21 Å². The highest BCUT2D eigenvalue weighted by Crippen LogP contribution is 2.30. The van der Waals surface area contributed by atoms with Crippen molar-refractivity contribution in [1.29, 1.82) is 0 Å². The third kappa shape index (κ3) is 3.53. The van der Waals surface area contributed by atoms with E-state index in [2.05, 4.69) is 38.7 Å². The molecule has 29 heavy (non-hydrogen) atoms. The van der Waals surface area contributed by atoms with Gasteiger partial charge in [-0.3, -0.25) is 4.79 Å². The summed E-state index contributed by atoms with van der Waals surface area (Å²) in [5.74, 6) is 0.960. The van der Waals surface area contributed by atoms with Gasteiger partial charge in [0.25, 0.3) is 0 Å². The van der Waals surface area contributed by atoms with E-state index >= 15 is 0 Å². The van der Waals surface area contributed by atoms with Gasteiger partial charge in [0.2, 0.25) is 17.7 Å². The summed E-state index contributed by atoms with van der Waals surface area (Å²) in [7, 11) is 0. The number of nitrogens with zero attached hydrogens (tertiary/aromatic N) is 2. The summed E-state index contributed by atoms with van der Waals surface area (Å²) in [6.07, 6.45) is 5.79. The van der Waals surface area contributed by atoms with Crippen molar-refractivity contribution in [2.24, 2.45) is 0 Å². The van der Waals surface area contributed by atoms with Gasteiger partial charge in [0.05, 0.1) is 11.6 Å². The number of rotatable bonds is 5. The Morgan fingerprint density at radius 3 is 2.97 bits per heavy atom. The molecule has 2 N–H and O–H groups in total. The second kappa shape index (κ2) is 7.54. The normalized spacial score (nSPS) is 15.9. The molecule has 1 amide bonds. The van der Waals surface area contributed by atoms with Crippen LogP contribution in [0.3, 0.4) is 0 Å². The van der Waals surface area contributed by atoms with E-state index in [9.17, 15) is 4.79 Å². The Hall–Kier alpha value is -3.41. The van der Waals surface area contributed by atoms with E-state index in [-0.39, 0.29) is 11.9 Å². The molecule has 0 saturated carbocycles. The maximum Gasteiger partial charge on any atom is 0.249 e. The fourth-order valence-electron chi connectivity index (χ4n) is 4.10. The molecule has 0 aliphatic heterocycles. The molecule has 1 aliphatic rings. The van der Waals surface area contributed by atoms with Crippen LogP contribution in [0.15, 0.2) is 59.1 Å². The van der Waals surface area contributed by atoms with Gasteiger partial charge in [0.1, 0.15) is 0 Å². The number of benzene rings is 2. The Morgan fingerprint density at radius 1 is 1.14 bits per heavy atom. The molecule has 2 heterocycles. The Bertz CT molecular complexity index is 1160. The molecule has 0 radical (unpaired) electrons. The van der Waals surface area contributed by atoms with Crippen molar-refractivity contribution in [3.63, 3.8) is 0 Å². The van der Waals surface area contributed by atoms with Crippen molar-refractivity contribution in [1.82, 2.24) is 20.5 Å². The molecule has 146 valence electrons. The summed E-state index contributed by atoms with van der Waals surface area (Å²) in [5, 5.41) is 12.5. The van der Waals surface area contributed by atoms with E-state index in [1.165, 1.54) is 11.1 Å². The molecule has 1 atom stereocenters. The molecular weight excluding hydrogens is 364 g/mol. The van der Waals surface area contributed by atoms with Crippen LogP contribution in [-0.4, -0.2) is 21.1 Å². The zero-order valence-corrected chi connectivity index (χ0v) is 16.0. The maximum atomic E-state index is 12.5. The fraction of sp³-hybridized carbons (Fsp3) is 0.261. The summed E-state index contributed by atoms with van der Waals surface area (Å²) in [4.78, 5) is 15.7. The van der Waals surface area contributed by atoms with Gasteiger partial charge in [-0.1, -0.05) is 42.5 Å². The number of para-hydroxylation sites is 1. The Morgan fingerprint density at radius 2 is 2.00 bits per heavy atom. The summed E-state index contributed by atoms with van der Waals surface area (Å²) >= 11 is 0. The predicted molar refractivity (Wildman–Crippen MR) is 110 cm³/mol. The Kier molecular flexibility index (Phi) is 4.60. The van der Waals surface area contributed by atoms with E-state index in [1.807, 2.05) is 36.5 Å². The molecule has 5 rings (SSSR count). The van der Waals surface area contributed by atoms with Gasteiger partial charge >= 0.3 is 0 Å². The first-order valence-corrected chi connectivity index (χ1v) is 10.0. The Balaban J connectivity index is 1.23. The number of carbonyl (C=O) groups is 1. The third-order valence-corrected chi connectivity index (χ3v) is 5.56. The molecule has 4 aromatic rings. The molecule has 0 fully saturated rings. The van der Waals surface area contributed by atoms with Crippen LogP contribution in [0.1, 0.15) is 42.3 Å². The van der Waals surface area contributed by atoms with E-state index in [4.69, 9.17) is 4.42 Å². The first kappa shape index (κ1) is 17.7. The highest BCUT2D eigenvalue weighted by molar-refractivity contribution is 5.93. The summed E-state index contributed by atoms with van der Waals surface area (Å²) in [6.45, 7) is 0. The number of nitrogens with one attached hydrogen (secondary N) is 2. The van der Waals surface area contributed by atoms with Crippen molar-refractivity contribution in [2.45, 2.75) is 38.1 Å². The molecule has 0 spiro atoms. The average Bonchev–Trinajstić information content (AvgIpc) is 3.39. The number of fused-ring (bicyclic) bond motifs is 2. The monoisotopic (exact) mass is 386 g/mol. The number of hydrogen-bond acceptors (Lipinski definition) is 4. The maximum absolute atomic E-state index is 12.5. The molecule has 2 aromatic heterocycles. The van der Waals surface area contributed by atoms with Crippen LogP contribution in [0.5, 0.6) is 0 Å². The van der Waals surface area contributed by atoms with Crippen LogP contribution >= 0.6 is 0 Å². The first-order chi connectivity index (χ1) is 14.3. The standard InChI is InChI=1S/C23H22N4O2/c28-21(25-20-11-5-7-15-6-1-2-8-16(15)20)12-13-22-26-27-23(29-22)18-14-24-19-10-4-3-9-17(18)19/h1-4,6,8-10,14,20,24H,5,7,11-13H2,(H,25,28). The summed E-state index contributed by atoms with van der Waals surface area (Å²) in [5.41, 5.74) is 4.48. The summed E-state index contributed by atoms with van der Waals surface area (Å²) in [6, 6.07) is 16.4. The topological polar surface area (TPSA) is 83.8 Å². The quantitative estimate of drug-likeness (QED) is 0.534. The minimum atomic E-state index is 0.0125. The smallest absolute Gasteiger partial charge is 0.249 e. The van der Waals surface area contributed by atoms with Crippen molar-refractivity contribution >= 4 is 16.8 Å². The Labute approximate surface area is 168 Å². The molecule has 6 nitrogen and oxygen atoms in total.